The van der Waals surface area contributed by atoms with Gasteiger partial charge in [0.1, 0.15) is 16.1 Å². The van der Waals surface area contributed by atoms with E-state index in [0.29, 0.717) is 20.9 Å². The highest BCUT2D eigenvalue weighted by Gasteiger charge is 2.16. The van der Waals surface area contributed by atoms with Crippen LogP contribution in [0.1, 0.15) is 16.8 Å². The van der Waals surface area contributed by atoms with Crippen LogP contribution in [0.4, 0.5) is 5.69 Å². The number of thiophene rings is 1. The summed E-state index contributed by atoms with van der Waals surface area (Å²) in [6.07, 6.45) is 1.42. The lowest BCUT2D eigenvalue weighted by Crippen LogP contribution is -2.27. The number of rotatable bonds is 3. The number of fused-ring (bicyclic) bond motifs is 3. The zero-order chi connectivity index (χ0) is 20.0. The Morgan fingerprint density at radius 2 is 2.00 bits per heavy atom. The summed E-state index contributed by atoms with van der Waals surface area (Å²) in [6.45, 7) is 5.65. The second-order valence-electron chi connectivity index (χ2n) is 6.73. The quantitative estimate of drug-likeness (QED) is 0.546. The van der Waals surface area contributed by atoms with Gasteiger partial charge in [-0.1, -0.05) is 17.7 Å². The third-order valence-corrected chi connectivity index (χ3v) is 5.83. The van der Waals surface area contributed by atoms with Crippen LogP contribution in [-0.2, 0) is 11.3 Å². The number of carbonyl (C=O) groups excluding carboxylic acids is 1. The van der Waals surface area contributed by atoms with Crippen LogP contribution in [0.25, 0.3) is 20.4 Å². The number of anilines is 1. The molecule has 0 saturated carbocycles. The van der Waals surface area contributed by atoms with Crippen LogP contribution in [0.2, 0.25) is 5.02 Å². The average molecular weight is 413 g/mol. The molecule has 0 radical (unpaired) electrons. The first-order chi connectivity index (χ1) is 13.3. The Hall–Kier alpha value is -2.77. The predicted molar refractivity (Wildman–Crippen MR) is 113 cm³/mol. The van der Waals surface area contributed by atoms with Gasteiger partial charge in [0.25, 0.3) is 5.56 Å². The largest absolute Gasteiger partial charge is 0.324 e. The van der Waals surface area contributed by atoms with Gasteiger partial charge in [-0.2, -0.15) is 0 Å². The molecular weight excluding hydrogens is 396 g/mol. The fourth-order valence-corrected chi connectivity index (χ4v) is 4.56. The van der Waals surface area contributed by atoms with Crippen molar-refractivity contribution in [1.82, 2.24) is 14.5 Å². The first-order valence-corrected chi connectivity index (χ1v) is 9.85. The smallest absolute Gasteiger partial charge is 0.271 e. The molecule has 6 nitrogen and oxygen atoms in total. The van der Waals surface area contributed by atoms with E-state index < -0.39 is 0 Å². The van der Waals surface area contributed by atoms with Gasteiger partial charge in [-0.05, 0) is 50.1 Å². The van der Waals surface area contributed by atoms with Crippen molar-refractivity contribution in [2.24, 2.45) is 0 Å². The molecule has 3 heterocycles. The van der Waals surface area contributed by atoms with E-state index >= 15 is 0 Å². The molecule has 0 bridgehead atoms. The topological polar surface area (TPSA) is 76.9 Å². The number of nitrogens with one attached hydrogen (secondary N) is 1. The van der Waals surface area contributed by atoms with E-state index in [1.807, 2.05) is 32.9 Å². The maximum Gasteiger partial charge on any atom is 0.271 e. The number of aromatic nitrogens is 3. The second-order valence-corrected chi connectivity index (χ2v) is 8.16. The van der Waals surface area contributed by atoms with Gasteiger partial charge in [0, 0.05) is 21.8 Å². The number of nitrogens with zero attached hydrogens (tertiary/aromatic N) is 3. The summed E-state index contributed by atoms with van der Waals surface area (Å²) in [5.41, 5.74) is 3.83. The molecule has 142 valence electrons. The summed E-state index contributed by atoms with van der Waals surface area (Å²) in [5.74, 6) is -0.320. The molecule has 0 aliphatic heterocycles. The number of halogens is 1. The fraction of sp³-hybridized carbons (Fsp3) is 0.200. The molecule has 4 rings (SSSR count). The van der Waals surface area contributed by atoms with Crippen molar-refractivity contribution in [2.45, 2.75) is 27.3 Å². The van der Waals surface area contributed by atoms with E-state index in [0.717, 1.165) is 27.0 Å². The molecule has 4 aromatic rings. The highest BCUT2D eigenvalue weighted by Crippen LogP contribution is 2.31. The average Bonchev–Trinajstić information content (AvgIpc) is 3.00. The summed E-state index contributed by atoms with van der Waals surface area (Å²) in [7, 11) is 0. The molecule has 0 fully saturated rings. The van der Waals surface area contributed by atoms with E-state index in [4.69, 9.17) is 11.6 Å². The van der Waals surface area contributed by atoms with E-state index in [1.54, 1.807) is 12.1 Å². The Kier molecular flexibility index (Phi) is 4.64. The molecule has 0 spiro atoms. The number of hydrogen-bond acceptors (Lipinski definition) is 5. The highest BCUT2D eigenvalue weighted by molar-refractivity contribution is 7.25. The number of carbonyl (C=O) groups is 1. The van der Waals surface area contributed by atoms with Crippen molar-refractivity contribution >= 4 is 55.0 Å². The molecule has 0 aliphatic rings. The molecule has 28 heavy (non-hydrogen) atoms. The molecule has 0 saturated heterocycles. The molecule has 0 atom stereocenters. The Labute approximate surface area is 169 Å². The summed E-state index contributed by atoms with van der Waals surface area (Å²) in [4.78, 5) is 35.1. The van der Waals surface area contributed by atoms with E-state index in [9.17, 15) is 9.59 Å². The van der Waals surface area contributed by atoms with Crippen molar-refractivity contribution in [3.8, 4) is 0 Å². The van der Waals surface area contributed by atoms with Crippen LogP contribution < -0.4 is 10.9 Å². The zero-order valence-corrected chi connectivity index (χ0v) is 17.1. The number of aryl methyl sites for hydroxylation is 3. The van der Waals surface area contributed by atoms with Crippen molar-refractivity contribution < 1.29 is 4.79 Å². The standard InChI is InChI=1S/C20H17ClN4O2S/c1-10-4-5-13(21)7-14(10)24-15(26)8-25-9-22-17-16-11(2)6-12(3)23-19(16)28-18(17)20(25)27/h4-7,9H,8H2,1-3H3,(H,24,26). The summed E-state index contributed by atoms with van der Waals surface area (Å²) in [6, 6.07) is 7.24. The van der Waals surface area contributed by atoms with Crippen LogP contribution in [0.3, 0.4) is 0 Å². The molecule has 0 unspecified atom stereocenters. The third kappa shape index (κ3) is 3.27. The first-order valence-electron chi connectivity index (χ1n) is 8.65. The Bertz CT molecular complexity index is 1310. The van der Waals surface area contributed by atoms with Crippen LogP contribution in [0.5, 0.6) is 0 Å². The lowest BCUT2D eigenvalue weighted by Gasteiger charge is -2.10. The highest BCUT2D eigenvalue weighted by atomic mass is 35.5. The summed E-state index contributed by atoms with van der Waals surface area (Å²) < 4.78 is 1.82. The van der Waals surface area contributed by atoms with Crippen LogP contribution in [-0.4, -0.2) is 20.4 Å². The van der Waals surface area contributed by atoms with Crippen LogP contribution in [0, 0.1) is 20.8 Å². The van der Waals surface area contributed by atoms with Crippen LogP contribution >= 0.6 is 22.9 Å². The van der Waals surface area contributed by atoms with Gasteiger partial charge < -0.3 is 5.32 Å². The summed E-state index contributed by atoms with van der Waals surface area (Å²) in [5, 5.41) is 4.23. The SMILES string of the molecule is Cc1cc(C)c2c(n1)sc1c(=O)n(CC(=O)Nc3cc(Cl)ccc3C)cnc12. The summed E-state index contributed by atoms with van der Waals surface area (Å²) >= 11 is 7.30. The van der Waals surface area contributed by atoms with Crippen molar-refractivity contribution in [1.29, 1.82) is 0 Å². The maximum atomic E-state index is 12.9. The van der Waals surface area contributed by atoms with Crippen molar-refractivity contribution in [3.05, 3.63) is 62.8 Å². The number of amides is 1. The zero-order valence-electron chi connectivity index (χ0n) is 15.5. The molecular formula is C20H17ClN4O2S. The second kappa shape index (κ2) is 7.00. The number of pyridine rings is 1. The van der Waals surface area contributed by atoms with Gasteiger partial charge in [0.2, 0.25) is 5.91 Å². The molecule has 1 amide bonds. The molecule has 1 aromatic carbocycles. The van der Waals surface area contributed by atoms with Gasteiger partial charge >= 0.3 is 0 Å². The molecule has 8 heteroatoms. The Balaban J connectivity index is 1.69. The molecule has 3 aromatic heterocycles. The van der Waals surface area contributed by atoms with E-state index in [-0.39, 0.29) is 18.0 Å². The molecule has 1 N–H and O–H groups in total. The van der Waals surface area contributed by atoms with E-state index in [2.05, 4.69) is 15.3 Å². The van der Waals surface area contributed by atoms with Gasteiger partial charge in [-0.3, -0.25) is 14.2 Å². The third-order valence-electron chi connectivity index (χ3n) is 4.53. The van der Waals surface area contributed by atoms with Crippen molar-refractivity contribution in [3.63, 3.8) is 0 Å². The normalized spacial score (nSPS) is 11.3. The lowest BCUT2D eigenvalue weighted by molar-refractivity contribution is -0.116. The minimum Gasteiger partial charge on any atom is -0.324 e. The van der Waals surface area contributed by atoms with Gasteiger partial charge in [-0.25, -0.2) is 9.97 Å². The molecule has 0 aliphatic carbocycles. The predicted octanol–water partition coefficient (Wildman–Crippen LogP) is 4.22. The van der Waals surface area contributed by atoms with Gasteiger partial charge in [0.15, 0.2) is 0 Å². The maximum absolute atomic E-state index is 12.9. The monoisotopic (exact) mass is 412 g/mol. The lowest BCUT2D eigenvalue weighted by atomic mass is 10.1. The Morgan fingerprint density at radius 1 is 1.21 bits per heavy atom. The van der Waals surface area contributed by atoms with Gasteiger partial charge in [-0.15, -0.1) is 11.3 Å². The van der Waals surface area contributed by atoms with Crippen molar-refractivity contribution in [2.75, 3.05) is 5.32 Å². The Morgan fingerprint density at radius 3 is 2.79 bits per heavy atom. The minimum absolute atomic E-state index is 0.132. The first kappa shape index (κ1) is 18.6. The van der Waals surface area contributed by atoms with Crippen LogP contribution in [0.15, 0.2) is 35.4 Å². The van der Waals surface area contributed by atoms with Gasteiger partial charge in [0.05, 0.1) is 11.8 Å². The number of benzene rings is 1. The fourth-order valence-electron chi connectivity index (χ4n) is 3.19. The van der Waals surface area contributed by atoms with E-state index in [1.165, 1.54) is 22.2 Å². The number of hydrogen-bond donors (Lipinski definition) is 1. The minimum atomic E-state index is -0.320.